The third-order valence-electron chi connectivity index (χ3n) is 5.92. The maximum Gasteiger partial charge on any atom is 0.356 e. The summed E-state index contributed by atoms with van der Waals surface area (Å²) < 4.78 is 5.49. The standard InChI is InChI=1S/C23H23N3O6S/c1-13-19-18(14(2)27)22(28)25(19)20(21(13)33-12-16-5-3-4-10-24-16)23(29)32-11-15-6-8-17(9-7-15)26(30)31/h3-10,13-14,18-19,27H,11-12H2,1-2H3/t13-,14+,18-,19?/m0/s1. The molecule has 1 unspecified atom stereocenters. The molecule has 33 heavy (non-hydrogen) atoms. The van der Waals surface area contributed by atoms with Crippen LogP contribution in [0.1, 0.15) is 25.1 Å². The number of rotatable bonds is 8. The summed E-state index contributed by atoms with van der Waals surface area (Å²) in [6.07, 6.45) is 0.876. The lowest BCUT2D eigenvalue weighted by atomic mass is 9.79. The second kappa shape index (κ2) is 9.32. The molecule has 0 aliphatic carbocycles. The first-order valence-corrected chi connectivity index (χ1v) is 11.5. The molecule has 1 amide bonds. The molecule has 1 fully saturated rings. The van der Waals surface area contributed by atoms with E-state index >= 15 is 0 Å². The Bertz CT molecular complexity index is 1100. The predicted molar refractivity (Wildman–Crippen MR) is 120 cm³/mol. The van der Waals surface area contributed by atoms with Crippen LogP contribution in [0.2, 0.25) is 0 Å². The Balaban J connectivity index is 1.55. The highest BCUT2D eigenvalue weighted by Gasteiger charge is 2.60. The zero-order chi connectivity index (χ0) is 23.7. The summed E-state index contributed by atoms with van der Waals surface area (Å²) >= 11 is 1.44. The highest BCUT2D eigenvalue weighted by molar-refractivity contribution is 8.02. The van der Waals surface area contributed by atoms with Crippen LogP contribution in [-0.4, -0.2) is 43.9 Å². The molecule has 1 saturated heterocycles. The molecule has 0 saturated carbocycles. The van der Waals surface area contributed by atoms with Crippen molar-refractivity contribution in [3.8, 4) is 0 Å². The number of aliphatic hydroxyl groups excluding tert-OH is 1. The molecule has 1 aromatic carbocycles. The molecule has 0 spiro atoms. The minimum atomic E-state index is -0.821. The zero-order valence-electron chi connectivity index (χ0n) is 18.1. The molecule has 2 aromatic rings. The minimum Gasteiger partial charge on any atom is -0.456 e. The van der Waals surface area contributed by atoms with E-state index in [9.17, 15) is 24.8 Å². The van der Waals surface area contributed by atoms with E-state index in [1.54, 1.807) is 13.1 Å². The number of ether oxygens (including phenoxy) is 1. The van der Waals surface area contributed by atoms with Crippen molar-refractivity contribution in [2.75, 3.05) is 0 Å². The summed E-state index contributed by atoms with van der Waals surface area (Å²) in [6, 6.07) is 11.0. The number of pyridine rings is 1. The largest absolute Gasteiger partial charge is 0.456 e. The third-order valence-corrected chi connectivity index (χ3v) is 7.24. The molecule has 2 aliphatic heterocycles. The Kier molecular flexibility index (Phi) is 6.48. The van der Waals surface area contributed by atoms with Crippen LogP contribution in [0.4, 0.5) is 5.69 Å². The Morgan fingerprint density at radius 1 is 1.30 bits per heavy atom. The van der Waals surface area contributed by atoms with E-state index in [1.165, 1.54) is 40.9 Å². The number of nitro benzene ring substituents is 1. The molecule has 3 heterocycles. The summed E-state index contributed by atoms with van der Waals surface area (Å²) in [5.41, 5.74) is 1.59. The molecule has 172 valence electrons. The van der Waals surface area contributed by atoms with E-state index in [0.717, 1.165) is 10.6 Å². The van der Waals surface area contributed by atoms with Gasteiger partial charge in [0.15, 0.2) is 0 Å². The number of amides is 1. The first-order valence-electron chi connectivity index (χ1n) is 10.5. The molecular weight excluding hydrogens is 446 g/mol. The van der Waals surface area contributed by atoms with Crippen LogP contribution >= 0.6 is 11.8 Å². The van der Waals surface area contributed by atoms with Crippen LogP contribution in [0.5, 0.6) is 0 Å². The van der Waals surface area contributed by atoms with Crippen LogP contribution in [0.15, 0.2) is 59.3 Å². The van der Waals surface area contributed by atoms with Gasteiger partial charge in [-0.25, -0.2) is 4.79 Å². The van der Waals surface area contributed by atoms with Gasteiger partial charge in [0.1, 0.15) is 12.3 Å². The average molecular weight is 470 g/mol. The summed E-state index contributed by atoms with van der Waals surface area (Å²) in [6.45, 7) is 3.44. The Morgan fingerprint density at radius 3 is 2.64 bits per heavy atom. The topological polar surface area (TPSA) is 123 Å². The lowest BCUT2D eigenvalue weighted by Gasteiger charge is -2.46. The molecule has 1 aromatic heterocycles. The van der Waals surface area contributed by atoms with Gasteiger partial charge in [0, 0.05) is 34.9 Å². The van der Waals surface area contributed by atoms with Crippen molar-refractivity contribution < 1.29 is 24.4 Å². The van der Waals surface area contributed by atoms with Gasteiger partial charge >= 0.3 is 5.97 Å². The second-order valence-electron chi connectivity index (χ2n) is 8.08. The van der Waals surface area contributed by atoms with E-state index in [4.69, 9.17) is 4.74 Å². The fraction of sp³-hybridized carbons (Fsp3) is 0.348. The number of aromatic nitrogens is 1. The summed E-state index contributed by atoms with van der Waals surface area (Å²) in [5.74, 6) is -1.11. The van der Waals surface area contributed by atoms with E-state index in [1.807, 2.05) is 25.1 Å². The number of nitrogens with zero attached hydrogens (tertiary/aromatic N) is 3. The number of carbonyl (C=O) groups excluding carboxylic acids is 2. The number of β-lactam (4-membered cyclic amide) rings is 1. The Labute approximate surface area is 194 Å². The maximum absolute atomic E-state index is 13.1. The molecule has 0 bridgehead atoms. The normalized spacial score (nSPS) is 22.6. The number of carbonyl (C=O) groups is 2. The number of aliphatic hydroxyl groups is 1. The van der Waals surface area contributed by atoms with E-state index in [2.05, 4.69) is 4.98 Å². The van der Waals surface area contributed by atoms with Crippen LogP contribution in [0, 0.1) is 22.0 Å². The molecule has 0 radical (unpaired) electrons. The van der Waals surface area contributed by atoms with Crippen LogP contribution in [0.3, 0.4) is 0 Å². The molecule has 10 heteroatoms. The van der Waals surface area contributed by atoms with Gasteiger partial charge in [-0.1, -0.05) is 13.0 Å². The van der Waals surface area contributed by atoms with Gasteiger partial charge in [-0.15, -0.1) is 11.8 Å². The number of hydrogen-bond acceptors (Lipinski definition) is 8. The third kappa shape index (κ3) is 4.36. The Hall–Kier alpha value is -3.24. The van der Waals surface area contributed by atoms with Crippen LogP contribution in [-0.2, 0) is 26.7 Å². The van der Waals surface area contributed by atoms with Crippen molar-refractivity contribution in [1.29, 1.82) is 0 Å². The monoisotopic (exact) mass is 469 g/mol. The first kappa shape index (κ1) is 22.9. The maximum atomic E-state index is 13.1. The van der Waals surface area contributed by atoms with Gasteiger partial charge in [0.05, 0.1) is 28.7 Å². The zero-order valence-corrected chi connectivity index (χ0v) is 18.9. The number of esters is 1. The van der Waals surface area contributed by atoms with Crippen molar-refractivity contribution in [2.24, 2.45) is 11.8 Å². The van der Waals surface area contributed by atoms with E-state index < -0.39 is 22.9 Å². The fourth-order valence-corrected chi connectivity index (χ4v) is 5.47. The molecular formula is C23H23N3O6S. The first-order chi connectivity index (χ1) is 15.8. The SMILES string of the molecule is C[C@@H]1C(SCc2ccccn2)=C(C(=O)OCc2ccc([N+](=O)[O-])cc2)N2C(=O)[C@@H]([C@@H](C)O)C12. The highest BCUT2D eigenvalue weighted by atomic mass is 32.2. The van der Waals surface area contributed by atoms with Crippen molar-refractivity contribution in [3.05, 3.63) is 80.6 Å². The van der Waals surface area contributed by atoms with Crippen molar-refractivity contribution in [2.45, 2.75) is 38.4 Å². The lowest BCUT2D eigenvalue weighted by Crippen LogP contribution is -2.63. The number of non-ortho nitro benzene ring substituents is 1. The van der Waals surface area contributed by atoms with Gasteiger partial charge in [0.2, 0.25) is 5.91 Å². The van der Waals surface area contributed by atoms with Gasteiger partial charge in [-0.05, 0) is 36.8 Å². The number of benzene rings is 1. The number of fused-ring (bicyclic) bond motifs is 1. The van der Waals surface area contributed by atoms with Crippen molar-refractivity contribution in [1.82, 2.24) is 9.88 Å². The second-order valence-corrected chi connectivity index (χ2v) is 9.09. The predicted octanol–water partition coefficient (Wildman–Crippen LogP) is 3.04. The molecule has 4 atom stereocenters. The number of hydrogen-bond donors (Lipinski definition) is 1. The van der Waals surface area contributed by atoms with Crippen molar-refractivity contribution in [3.63, 3.8) is 0 Å². The van der Waals surface area contributed by atoms with Crippen molar-refractivity contribution >= 4 is 29.3 Å². The molecule has 2 aliphatic rings. The highest BCUT2D eigenvalue weighted by Crippen LogP contribution is 2.51. The number of nitro groups is 1. The summed E-state index contributed by atoms with van der Waals surface area (Å²) in [4.78, 5) is 42.7. The van der Waals surface area contributed by atoms with Gasteiger partial charge in [0.25, 0.3) is 5.69 Å². The Morgan fingerprint density at radius 2 is 2.03 bits per heavy atom. The van der Waals surface area contributed by atoms with Crippen LogP contribution < -0.4 is 0 Å². The molecule has 1 N–H and O–H groups in total. The quantitative estimate of drug-likeness (QED) is 0.271. The smallest absolute Gasteiger partial charge is 0.356 e. The molecule has 4 rings (SSSR count). The van der Waals surface area contributed by atoms with Gasteiger partial charge in [-0.3, -0.25) is 19.9 Å². The summed E-state index contributed by atoms with van der Waals surface area (Å²) in [5, 5.41) is 20.9. The van der Waals surface area contributed by atoms with E-state index in [0.29, 0.717) is 11.3 Å². The fourth-order valence-electron chi connectivity index (χ4n) is 4.27. The molecule has 9 nitrogen and oxygen atoms in total. The van der Waals surface area contributed by atoms with Crippen LogP contribution in [0.25, 0.3) is 0 Å². The lowest BCUT2D eigenvalue weighted by molar-refractivity contribution is -0.384. The minimum absolute atomic E-state index is 0.0520. The summed E-state index contributed by atoms with van der Waals surface area (Å²) in [7, 11) is 0. The average Bonchev–Trinajstić information content (AvgIpc) is 3.04. The number of thioether (sulfide) groups is 1. The van der Waals surface area contributed by atoms with E-state index in [-0.39, 0.29) is 35.9 Å². The van der Waals surface area contributed by atoms with Gasteiger partial charge < -0.3 is 14.7 Å². The van der Waals surface area contributed by atoms with Gasteiger partial charge in [-0.2, -0.15) is 0 Å².